The van der Waals surface area contributed by atoms with Gasteiger partial charge in [0.05, 0.1) is 24.8 Å². The molecule has 0 aliphatic heterocycles. The highest BCUT2D eigenvalue weighted by Gasteiger charge is 2.14. The van der Waals surface area contributed by atoms with E-state index in [4.69, 9.17) is 21.4 Å². The fraction of sp³-hybridized carbons (Fsp3) is 0.143. The van der Waals surface area contributed by atoms with Crippen LogP contribution >= 0.6 is 11.6 Å². The van der Waals surface area contributed by atoms with Crippen LogP contribution in [0.5, 0.6) is 0 Å². The molecule has 0 bridgehead atoms. The molecule has 27 heavy (non-hydrogen) atoms. The van der Waals surface area contributed by atoms with Gasteiger partial charge in [0.25, 0.3) is 0 Å². The van der Waals surface area contributed by atoms with Gasteiger partial charge < -0.3 is 14.4 Å². The second-order valence-electron chi connectivity index (χ2n) is 5.98. The molecule has 5 nitrogen and oxygen atoms in total. The molecule has 1 N–H and O–H groups in total. The molecule has 0 spiro atoms. The molecule has 138 valence electrons. The van der Waals surface area contributed by atoms with Crippen LogP contribution in [0.15, 0.2) is 60.7 Å². The number of hydrogen-bond acceptors (Lipinski definition) is 3. The molecule has 0 aliphatic rings. The minimum absolute atomic E-state index is 0.0321. The van der Waals surface area contributed by atoms with Crippen LogP contribution < -0.4 is 0 Å². The normalized spacial score (nSPS) is 10.6. The number of carboxylic acid groups (broad SMARTS) is 1. The molecular formula is C21H18ClNO4. The van der Waals surface area contributed by atoms with Crippen LogP contribution in [0, 0.1) is 0 Å². The Bertz CT molecular complexity index is 959. The van der Waals surface area contributed by atoms with Gasteiger partial charge in [-0.2, -0.15) is 0 Å². The molecule has 3 aromatic rings. The van der Waals surface area contributed by atoms with Gasteiger partial charge in [-0.05, 0) is 60.5 Å². The van der Waals surface area contributed by atoms with Gasteiger partial charge in [-0.1, -0.05) is 23.7 Å². The summed E-state index contributed by atoms with van der Waals surface area (Å²) >= 11 is 5.99. The molecule has 1 heterocycles. The van der Waals surface area contributed by atoms with Gasteiger partial charge in [0, 0.05) is 16.4 Å². The number of ether oxygens (including phenoxy) is 1. The zero-order chi connectivity index (χ0) is 19.4. The molecule has 0 radical (unpaired) electrons. The smallest absolute Gasteiger partial charge is 0.337 e. The van der Waals surface area contributed by atoms with E-state index in [1.54, 1.807) is 12.1 Å². The Balaban J connectivity index is 2.06. The quantitative estimate of drug-likeness (QED) is 0.631. The van der Waals surface area contributed by atoms with Crippen molar-refractivity contribution in [2.75, 3.05) is 7.11 Å². The highest BCUT2D eigenvalue weighted by atomic mass is 35.5. The number of esters is 1. The van der Waals surface area contributed by atoms with E-state index in [1.165, 1.54) is 7.11 Å². The summed E-state index contributed by atoms with van der Waals surface area (Å²) in [7, 11) is 1.34. The van der Waals surface area contributed by atoms with E-state index in [1.807, 2.05) is 53.1 Å². The fourth-order valence-electron chi connectivity index (χ4n) is 2.92. The van der Waals surface area contributed by atoms with Crippen molar-refractivity contribution in [2.24, 2.45) is 0 Å². The zero-order valence-electron chi connectivity index (χ0n) is 14.7. The highest BCUT2D eigenvalue weighted by molar-refractivity contribution is 6.30. The van der Waals surface area contributed by atoms with Crippen molar-refractivity contribution in [3.63, 3.8) is 0 Å². The van der Waals surface area contributed by atoms with Crippen LogP contribution in [0.1, 0.15) is 22.5 Å². The lowest BCUT2D eigenvalue weighted by atomic mass is 10.1. The molecule has 1 aromatic heterocycles. The lowest BCUT2D eigenvalue weighted by Gasteiger charge is -2.14. The minimum atomic E-state index is -0.850. The third kappa shape index (κ3) is 4.20. The number of carbonyl (C=O) groups is 2. The van der Waals surface area contributed by atoms with Crippen molar-refractivity contribution in [1.82, 2.24) is 4.57 Å². The maximum Gasteiger partial charge on any atom is 0.337 e. The SMILES string of the molecule is COC(=O)c1ccc(-n2c(CCC(=O)O)ccc2-c2ccc(Cl)cc2)cc1. The van der Waals surface area contributed by atoms with Gasteiger partial charge in [0.1, 0.15) is 0 Å². The van der Waals surface area contributed by atoms with E-state index in [9.17, 15) is 9.59 Å². The van der Waals surface area contributed by atoms with Crippen molar-refractivity contribution >= 4 is 23.5 Å². The number of carbonyl (C=O) groups excluding carboxylic acids is 1. The Morgan fingerprint density at radius 3 is 2.26 bits per heavy atom. The van der Waals surface area contributed by atoms with Crippen molar-refractivity contribution in [2.45, 2.75) is 12.8 Å². The maximum absolute atomic E-state index is 11.7. The van der Waals surface area contributed by atoms with Crippen molar-refractivity contribution in [3.8, 4) is 16.9 Å². The Morgan fingerprint density at radius 1 is 1.00 bits per heavy atom. The van der Waals surface area contributed by atoms with Crippen LogP contribution in [-0.2, 0) is 16.0 Å². The Hall–Kier alpha value is -3.05. The Labute approximate surface area is 161 Å². The van der Waals surface area contributed by atoms with Gasteiger partial charge in [-0.15, -0.1) is 0 Å². The molecule has 0 aliphatic carbocycles. The largest absolute Gasteiger partial charge is 0.481 e. The Morgan fingerprint density at radius 2 is 1.67 bits per heavy atom. The number of aromatic nitrogens is 1. The summed E-state index contributed by atoms with van der Waals surface area (Å²) in [5.41, 5.74) is 4.02. The first-order valence-electron chi connectivity index (χ1n) is 8.36. The van der Waals surface area contributed by atoms with Gasteiger partial charge in [0.2, 0.25) is 0 Å². The average molecular weight is 384 g/mol. The lowest BCUT2D eigenvalue weighted by molar-refractivity contribution is -0.136. The van der Waals surface area contributed by atoms with Crippen molar-refractivity contribution in [1.29, 1.82) is 0 Å². The van der Waals surface area contributed by atoms with E-state index < -0.39 is 11.9 Å². The van der Waals surface area contributed by atoms with Gasteiger partial charge >= 0.3 is 11.9 Å². The second kappa shape index (κ2) is 8.10. The number of aryl methyl sites for hydroxylation is 1. The molecule has 0 saturated carbocycles. The molecule has 6 heteroatoms. The number of carboxylic acids is 1. The number of halogens is 1. The number of hydrogen-bond donors (Lipinski definition) is 1. The summed E-state index contributed by atoms with van der Waals surface area (Å²) in [5.74, 6) is -1.25. The predicted molar refractivity (Wildman–Crippen MR) is 104 cm³/mol. The van der Waals surface area contributed by atoms with E-state index in [0.29, 0.717) is 17.0 Å². The summed E-state index contributed by atoms with van der Waals surface area (Å²) in [6, 6.07) is 18.3. The Kier molecular flexibility index (Phi) is 5.62. The first kappa shape index (κ1) is 18.7. The van der Waals surface area contributed by atoms with E-state index in [2.05, 4.69) is 0 Å². The molecule has 0 atom stereocenters. The fourth-order valence-corrected chi connectivity index (χ4v) is 3.05. The van der Waals surface area contributed by atoms with Gasteiger partial charge in [-0.25, -0.2) is 4.79 Å². The topological polar surface area (TPSA) is 68.5 Å². The van der Waals surface area contributed by atoms with Crippen molar-refractivity contribution < 1.29 is 19.4 Å². The first-order chi connectivity index (χ1) is 13.0. The number of rotatable bonds is 6. The summed E-state index contributed by atoms with van der Waals surface area (Å²) in [6.07, 6.45) is 0.423. The van der Waals surface area contributed by atoms with Crippen LogP contribution in [0.4, 0.5) is 0 Å². The first-order valence-corrected chi connectivity index (χ1v) is 8.74. The monoisotopic (exact) mass is 383 g/mol. The number of benzene rings is 2. The standard InChI is InChI=1S/C21H18ClNO4/c1-27-21(26)15-4-8-17(9-5-15)23-18(11-13-20(24)25)10-12-19(23)14-2-6-16(22)7-3-14/h2-10,12H,11,13H2,1H3,(H,24,25). The van der Waals surface area contributed by atoms with E-state index in [-0.39, 0.29) is 6.42 Å². The zero-order valence-corrected chi connectivity index (χ0v) is 15.4. The third-order valence-electron chi connectivity index (χ3n) is 4.24. The summed E-state index contributed by atoms with van der Waals surface area (Å²) in [4.78, 5) is 22.7. The molecule has 3 rings (SSSR count). The van der Waals surface area contributed by atoms with E-state index >= 15 is 0 Å². The predicted octanol–water partition coefficient (Wildman–Crippen LogP) is 4.60. The number of nitrogens with zero attached hydrogens (tertiary/aromatic N) is 1. The van der Waals surface area contributed by atoms with Gasteiger partial charge in [-0.3, -0.25) is 4.79 Å². The van der Waals surface area contributed by atoms with Crippen LogP contribution in [0.25, 0.3) is 16.9 Å². The maximum atomic E-state index is 11.7. The molecule has 2 aromatic carbocycles. The summed E-state index contributed by atoms with van der Waals surface area (Å²) in [6.45, 7) is 0. The summed E-state index contributed by atoms with van der Waals surface area (Å²) < 4.78 is 6.73. The van der Waals surface area contributed by atoms with Crippen LogP contribution in [0.3, 0.4) is 0 Å². The molecule has 0 fully saturated rings. The minimum Gasteiger partial charge on any atom is -0.481 e. The number of aliphatic carboxylic acids is 1. The lowest BCUT2D eigenvalue weighted by Crippen LogP contribution is -2.06. The van der Waals surface area contributed by atoms with E-state index in [0.717, 1.165) is 22.6 Å². The van der Waals surface area contributed by atoms with Crippen molar-refractivity contribution in [3.05, 3.63) is 76.9 Å². The third-order valence-corrected chi connectivity index (χ3v) is 4.50. The molecule has 0 saturated heterocycles. The van der Waals surface area contributed by atoms with Gasteiger partial charge in [0.15, 0.2) is 0 Å². The van der Waals surface area contributed by atoms with Crippen LogP contribution in [-0.4, -0.2) is 28.7 Å². The molecular weight excluding hydrogens is 366 g/mol. The average Bonchev–Trinajstić information content (AvgIpc) is 3.10. The second-order valence-corrected chi connectivity index (χ2v) is 6.42. The summed E-state index contributed by atoms with van der Waals surface area (Å²) in [5, 5.41) is 9.68. The highest BCUT2D eigenvalue weighted by Crippen LogP contribution is 2.28. The number of methoxy groups -OCH3 is 1. The van der Waals surface area contributed by atoms with Crippen LogP contribution in [0.2, 0.25) is 5.02 Å². The molecule has 0 amide bonds. The molecule has 0 unspecified atom stereocenters.